The van der Waals surface area contributed by atoms with Crippen molar-refractivity contribution in [3.8, 4) is 0 Å². The summed E-state index contributed by atoms with van der Waals surface area (Å²) in [6, 6.07) is 22.9. The van der Waals surface area contributed by atoms with Crippen molar-refractivity contribution < 1.29 is 14.4 Å². The molecule has 0 unspecified atom stereocenters. The molecule has 33 heavy (non-hydrogen) atoms. The maximum Gasteiger partial charge on any atom is 0.255 e. The van der Waals surface area contributed by atoms with Crippen molar-refractivity contribution >= 4 is 34.8 Å². The lowest BCUT2D eigenvalue weighted by Crippen LogP contribution is -2.24. The van der Waals surface area contributed by atoms with E-state index in [1.807, 2.05) is 6.07 Å². The number of carbonyl (C=O) groups excluding carboxylic acids is 3. The number of nitrogens with one attached hydrogen (secondary N) is 4. The summed E-state index contributed by atoms with van der Waals surface area (Å²) >= 11 is 0. The van der Waals surface area contributed by atoms with Crippen molar-refractivity contribution in [1.29, 1.82) is 0 Å². The monoisotopic (exact) mass is 444 g/mol. The van der Waals surface area contributed by atoms with E-state index in [1.165, 1.54) is 0 Å². The summed E-state index contributed by atoms with van der Waals surface area (Å²) in [5, 5.41) is 11.5. The number of benzene rings is 3. The highest BCUT2D eigenvalue weighted by molar-refractivity contribution is 6.04. The van der Waals surface area contributed by atoms with Crippen LogP contribution in [0.2, 0.25) is 0 Å². The molecule has 0 radical (unpaired) electrons. The van der Waals surface area contributed by atoms with Gasteiger partial charge in [-0.2, -0.15) is 0 Å². The molecule has 0 aromatic heterocycles. The molecule has 3 aromatic carbocycles. The number of hydrogen-bond donors (Lipinski definition) is 4. The van der Waals surface area contributed by atoms with E-state index in [-0.39, 0.29) is 24.3 Å². The van der Waals surface area contributed by atoms with Crippen LogP contribution in [-0.4, -0.2) is 30.8 Å². The van der Waals surface area contributed by atoms with Crippen molar-refractivity contribution in [2.45, 2.75) is 19.8 Å². The van der Waals surface area contributed by atoms with Crippen LogP contribution in [0.5, 0.6) is 0 Å². The van der Waals surface area contributed by atoms with Crippen molar-refractivity contribution in [2.24, 2.45) is 0 Å². The highest BCUT2D eigenvalue weighted by Gasteiger charge is 2.08. The molecule has 0 bridgehead atoms. The summed E-state index contributed by atoms with van der Waals surface area (Å²) in [7, 11) is 0. The summed E-state index contributed by atoms with van der Waals surface area (Å²) in [6.45, 7) is 2.79. The lowest BCUT2D eigenvalue weighted by atomic mass is 10.2. The summed E-state index contributed by atoms with van der Waals surface area (Å²) < 4.78 is 0. The van der Waals surface area contributed by atoms with Crippen LogP contribution >= 0.6 is 0 Å². The van der Waals surface area contributed by atoms with Crippen LogP contribution in [0, 0.1) is 0 Å². The summed E-state index contributed by atoms with van der Waals surface area (Å²) in [6.07, 6.45) is 1.97. The Bertz CT molecular complexity index is 1080. The van der Waals surface area contributed by atoms with Gasteiger partial charge in [0.25, 0.3) is 11.8 Å². The van der Waals surface area contributed by atoms with Crippen molar-refractivity contribution in [2.75, 3.05) is 29.0 Å². The van der Waals surface area contributed by atoms with Gasteiger partial charge in [-0.15, -0.1) is 0 Å². The van der Waals surface area contributed by atoms with E-state index in [1.54, 1.807) is 72.8 Å². The zero-order valence-electron chi connectivity index (χ0n) is 18.6. The molecule has 170 valence electrons. The SMILES string of the molecule is CCCCNC(=O)c1ccc(NCC(=O)Nc2cccc(NC(=O)c3ccccc3)c2)cc1. The summed E-state index contributed by atoms with van der Waals surface area (Å²) in [4.78, 5) is 36.7. The molecule has 3 aromatic rings. The minimum absolute atomic E-state index is 0.0582. The lowest BCUT2D eigenvalue weighted by Gasteiger charge is -2.10. The van der Waals surface area contributed by atoms with Crippen LogP contribution < -0.4 is 21.3 Å². The molecule has 0 aliphatic heterocycles. The lowest BCUT2D eigenvalue weighted by molar-refractivity contribution is -0.114. The van der Waals surface area contributed by atoms with Crippen LogP contribution in [0.25, 0.3) is 0 Å². The Balaban J connectivity index is 1.48. The van der Waals surface area contributed by atoms with Crippen LogP contribution in [0.15, 0.2) is 78.9 Å². The van der Waals surface area contributed by atoms with Gasteiger partial charge in [0.15, 0.2) is 0 Å². The van der Waals surface area contributed by atoms with E-state index in [0.29, 0.717) is 29.0 Å². The third kappa shape index (κ3) is 7.50. The Morgan fingerprint density at radius 3 is 2.06 bits per heavy atom. The second-order valence-electron chi connectivity index (χ2n) is 7.49. The Kier molecular flexibility index (Phi) is 8.59. The Morgan fingerprint density at radius 1 is 0.697 bits per heavy atom. The molecule has 0 spiro atoms. The maximum absolute atomic E-state index is 12.3. The molecule has 3 rings (SSSR count). The van der Waals surface area contributed by atoms with Gasteiger partial charge < -0.3 is 21.3 Å². The minimum Gasteiger partial charge on any atom is -0.376 e. The first-order valence-electron chi connectivity index (χ1n) is 10.9. The molecule has 0 fully saturated rings. The first kappa shape index (κ1) is 23.5. The second kappa shape index (κ2) is 12.0. The minimum atomic E-state index is -0.233. The molecule has 7 nitrogen and oxygen atoms in total. The Labute approximate surface area is 193 Å². The van der Waals surface area contributed by atoms with Crippen molar-refractivity contribution in [1.82, 2.24) is 5.32 Å². The Morgan fingerprint density at radius 2 is 1.36 bits per heavy atom. The van der Waals surface area contributed by atoms with Gasteiger partial charge in [0.05, 0.1) is 6.54 Å². The van der Waals surface area contributed by atoms with Gasteiger partial charge in [0.2, 0.25) is 5.91 Å². The van der Waals surface area contributed by atoms with Gasteiger partial charge in [-0.1, -0.05) is 37.6 Å². The largest absolute Gasteiger partial charge is 0.376 e. The molecular formula is C26H28N4O3. The standard InChI is InChI=1S/C26H28N4O3/c1-2-3-16-27-25(32)20-12-14-21(15-13-20)28-18-24(31)29-22-10-7-11-23(17-22)30-26(33)19-8-5-4-6-9-19/h4-15,17,28H,2-3,16,18H2,1H3,(H,27,32)(H,29,31)(H,30,33). The van der Waals surface area contributed by atoms with Gasteiger partial charge in [0, 0.05) is 34.7 Å². The Hall–Kier alpha value is -4.13. The molecule has 0 atom stereocenters. The third-order valence-electron chi connectivity index (χ3n) is 4.86. The van der Waals surface area contributed by atoms with Crippen LogP contribution in [0.4, 0.5) is 17.1 Å². The average Bonchev–Trinajstić information content (AvgIpc) is 2.84. The maximum atomic E-state index is 12.3. The number of hydrogen-bond acceptors (Lipinski definition) is 4. The van der Waals surface area contributed by atoms with E-state index in [0.717, 1.165) is 18.5 Å². The smallest absolute Gasteiger partial charge is 0.255 e. The highest BCUT2D eigenvalue weighted by atomic mass is 16.2. The fraction of sp³-hybridized carbons (Fsp3) is 0.192. The van der Waals surface area contributed by atoms with E-state index in [9.17, 15) is 14.4 Å². The summed E-state index contributed by atoms with van der Waals surface area (Å²) in [5.41, 5.74) is 3.03. The highest BCUT2D eigenvalue weighted by Crippen LogP contribution is 2.16. The fourth-order valence-electron chi connectivity index (χ4n) is 3.08. The first-order valence-corrected chi connectivity index (χ1v) is 10.9. The number of rotatable bonds is 10. The molecule has 0 saturated carbocycles. The quantitative estimate of drug-likeness (QED) is 0.346. The predicted molar refractivity (Wildman–Crippen MR) is 132 cm³/mol. The van der Waals surface area contributed by atoms with Crippen molar-refractivity contribution in [3.05, 3.63) is 90.0 Å². The van der Waals surface area contributed by atoms with E-state index < -0.39 is 0 Å². The molecule has 0 heterocycles. The van der Waals surface area contributed by atoms with Gasteiger partial charge in [-0.25, -0.2) is 0 Å². The molecule has 0 aliphatic carbocycles. The molecule has 0 saturated heterocycles. The number of unbranched alkanes of at least 4 members (excludes halogenated alkanes) is 1. The number of anilines is 3. The van der Waals surface area contributed by atoms with Gasteiger partial charge in [0.1, 0.15) is 0 Å². The summed E-state index contributed by atoms with van der Waals surface area (Å²) in [5.74, 6) is -0.557. The number of carbonyl (C=O) groups is 3. The molecule has 0 aliphatic rings. The average molecular weight is 445 g/mol. The van der Waals surface area contributed by atoms with Crippen LogP contribution in [-0.2, 0) is 4.79 Å². The van der Waals surface area contributed by atoms with Crippen molar-refractivity contribution in [3.63, 3.8) is 0 Å². The van der Waals surface area contributed by atoms with Crippen LogP contribution in [0.3, 0.4) is 0 Å². The fourth-order valence-corrected chi connectivity index (χ4v) is 3.08. The van der Waals surface area contributed by atoms with Gasteiger partial charge in [-0.05, 0) is 61.0 Å². The predicted octanol–water partition coefficient (Wildman–Crippen LogP) is 4.52. The van der Waals surface area contributed by atoms with E-state index in [4.69, 9.17) is 0 Å². The third-order valence-corrected chi connectivity index (χ3v) is 4.86. The first-order chi connectivity index (χ1) is 16.0. The van der Waals surface area contributed by atoms with E-state index in [2.05, 4.69) is 28.2 Å². The van der Waals surface area contributed by atoms with Gasteiger partial charge in [-0.3, -0.25) is 14.4 Å². The molecular weight excluding hydrogens is 416 g/mol. The second-order valence-corrected chi connectivity index (χ2v) is 7.49. The topological polar surface area (TPSA) is 99.3 Å². The van der Waals surface area contributed by atoms with E-state index >= 15 is 0 Å². The van der Waals surface area contributed by atoms with Gasteiger partial charge >= 0.3 is 0 Å². The van der Waals surface area contributed by atoms with Crippen LogP contribution in [0.1, 0.15) is 40.5 Å². The zero-order valence-corrected chi connectivity index (χ0v) is 18.6. The zero-order chi connectivity index (χ0) is 23.5. The molecule has 4 N–H and O–H groups in total. The normalized spacial score (nSPS) is 10.2. The number of amides is 3. The molecule has 7 heteroatoms. The molecule has 3 amide bonds.